The molecule has 4 nitrogen and oxygen atoms in total. The molecule has 0 radical (unpaired) electrons. The van der Waals surface area contributed by atoms with Gasteiger partial charge in [0.05, 0.1) is 6.04 Å². The molecule has 0 spiro atoms. The van der Waals surface area contributed by atoms with Crippen molar-refractivity contribution < 1.29 is 8.78 Å². The molecule has 0 aliphatic carbocycles. The molecule has 3 aromatic rings. The molecule has 3 heterocycles. The molecule has 1 unspecified atom stereocenters. The van der Waals surface area contributed by atoms with Crippen molar-refractivity contribution >= 4 is 5.82 Å². The topological polar surface area (TPSA) is 41.9 Å². The van der Waals surface area contributed by atoms with Gasteiger partial charge in [0.1, 0.15) is 5.82 Å². The molecule has 0 N–H and O–H groups in total. The third kappa shape index (κ3) is 3.14. The Morgan fingerprint density at radius 2 is 1.96 bits per heavy atom. The lowest BCUT2D eigenvalue weighted by Gasteiger charge is -2.26. The molecule has 26 heavy (non-hydrogen) atoms. The highest BCUT2D eigenvalue weighted by Gasteiger charge is 2.28. The molecule has 1 atom stereocenters. The number of hydrogen-bond acceptors (Lipinski definition) is 4. The number of halogens is 2. The van der Waals surface area contributed by atoms with Crippen molar-refractivity contribution in [1.82, 2.24) is 15.0 Å². The molecule has 1 saturated heterocycles. The Balaban J connectivity index is 1.72. The van der Waals surface area contributed by atoms with Crippen LogP contribution >= 0.6 is 0 Å². The number of benzene rings is 1. The fraction of sp³-hybridized carbons (Fsp3) is 0.250. The van der Waals surface area contributed by atoms with E-state index < -0.39 is 11.6 Å². The molecule has 1 aromatic carbocycles. The zero-order valence-corrected chi connectivity index (χ0v) is 14.4. The Kier molecular flexibility index (Phi) is 4.32. The van der Waals surface area contributed by atoms with Crippen molar-refractivity contribution in [1.29, 1.82) is 0 Å². The van der Waals surface area contributed by atoms with Crippen molar-refractivity contribution in [3.05, 3.63) is 71.7 Å². The lowest BCUT2D eigenvalue weighted by Crippen LogP contribution is -2.24. The molecule has 2 aromatic heterocycles. The van der Waals surface area contributed by atoms with E-state index in [0.717, 1.165) is 42.0 Å². The average Bonchev–Trinajstić information content (AvgIpc) is 3.14. The molecule has 1 fully saturated rings. The normalized spacial score (nSPS) is 16.9. The van der Waals surface area contributed by atoms with Gasteiger partial charge in [-0.05, 0) is 49.6 Å². The first-order valence-electron chi connectivity index (χ1n) is 8.59. The van der Waals surface area contributed by atoms with Crippen LogP contribution in [0.5, 0.6) is 0 Å². The number of pyridine rings is 1. The standard InChI is InChI=1S/C20H18F2N4/c1-13-10-19(25-20(24-13)15-4-2-8-23-12-15)26-9-3-5-18(26)14-6-7-16(21)17(22)11-14/h2,4,6-8,10-12,18H,3,5,9H2,1H3. The van der Waals surface area contributed by atoms with E-state index in [1.54, 1.807) is 18.5 Å². The number of hydrogen-bond donors (Lipinski definition) is 0. The lowest BCUT2D eigenvalue weighted by molar-refractivity contribution is 0.505. The zero-order chi connectivity index (χ0) is 18.1. The second kappa shape index (κ2) is 6.78. The minimum Gasteiger partial charge on any atom is -0.349 e. The Labute approximate surface area is 150 Å². The van der Waals surface area contributed by atoms with Crippen molar-refractivity contribution in [2.24, 2.45) is 0 Å². The van der Waals surface area contributed by atoms with Crippen molar-refractivity contribution in [3.63, 3.8) is 0 Å². The minimum absolute atomic E-state index is 0.0267. The Morgan fingerprint density at radius 3 is 2.73 bits per heavy atom. The van der Waals surface area contributed by atoms with Gasteiger partial charge in [-0.25, -0.2) is 18.7 Å². The smallest absolute Gasteiger partial charge is 0.163 e. The van der Waals surface area contributed by atoms with Crippen molar-refractivity contribution in [2.75, 3.05) is 11.4 Å². The Hall–Kier alpha value is -2.89. The van der Waals surface area contributed by atoms with Crippen LogP contribution in [0.4, 0.5) is 14.6 Å². The van der Waals surface area contributed by atoms with Gasteiger partial charge in [0, 0.05) is 36.3 Å². The number of nitrogens with zero attached hydrogens (tertiary/aromatic N) is 4. The molecule has 6 heteroatoms. The summed E-state index contributed by atoms with van der Waals surface area (Å²) in [5.41, 5.74) is 2.46. The van der Waals surface area contributed by atoms with Crippen LogP contribution in [0.1, 0.15) is 30.1 Å². The summed E-state index contributed by atoms with van der Waals surface area (Å²) in [6, 6.07) is 9.79. The largest absolute Gasteiger partial charge is 0.349 e. The highest BCUT2D eigenvalue weighted by atomic mass is 19.2. The average molecular weight is 352 g/mol. The van der Waals surface area contributed by atoms with Crippen LogP contribution in [0.25, 0.3) is 11.4 Å². The minimum atomic E-state index is -0.824. The summed E-state index contributed by atoms with van der Waals surface area (Å²) >= 11 is 0. The van der Waals surface area contributed by atoms with E-state index in [2.05, 4.69) is 14.9 Å². The van der Waals surface area contributed by atoms with Gasteiger partial charge < -0.3 is 4.90 Å². The highest BCUT2D eigenvalue weighted by molar-refractivity contribution is 5.57. The summed E-state index contributed by atoms with van der Waals surface area (Å²) in [6.45, 7) is 2.74. The van der Waals surface area contributed by atoms with E-state index in [0.29, 0.717) is 5.82 Å². The fourth-order valence-corrected chi connectivity index (χ4v) is 3.43. The summed E-state index contributed by atoms with van der Waals surface area (Å²) in [5, 5.41) is 0. The van der Waals surface area contributed by atoms with Gasteiger partial charge in [-0.15, -0.1) is 0 Å². The first-order valence-corrected chi connectivity index (χ1v) is 8.59. The van der Waals surface area contributed by atoms with Gasteiger partial charge in [-0.1, -0.05) is 6.07 Å². The van der Waals surface area contributed by atoms with E-state index in [1.807, 2.05) is 25.1 Å². The van der Waals surface area contributed by atoms with Crippen LogP contribution in [-0.4, -0.2) is 21.5 Å². The van der Waals surface area contributed by atoms with Gasteiger partial charge in [-0.3, -0.25) is 4.98 Å². The maximum atomic E-state index is 13.7. The van der Waals surface area contributed by atoms with Crippen molar-refractivity contribution in [3.8, 4) is 11.4 Å². The van der Waals surface area contributed by atoms with E-state index >= 15 is 0 Å². The molecule has 0 bridgehead atoms. The van der Waals surface area contributed by atoms with Crippen molar-refractivity contribution in [2.45, 2.75) is 25.8 Å². The van der Waals surface area contributed by atoms with Gasteiger partial charge in [0.2, 0.25) is 0 Å². The molecule has 0 amide bonds. The van der Waals surface area contributed by atoms with E-state index in [4.69, 9.17) is 4.98 Å². The first kappa shape index (κ1) is 16.6. The van der Waals surface area contributed by atoms with Gasteiger partial charge >= 0.3 is 0 Å². The van der Waals surface area contributed by atoms with Crippen LogP contribution in [0.2, 0.25) is 0 Å². The maximum Gasteiger partial charge on any atom is 0.163 e. The van der Waals surface area contributed by atoms with Crippen LogP contribution in [-0.2, 0) is 0 Å². The predicted octanol–water partition coefficient (Wildman–Crippen LogP) is 4.47. The lowest BCUT2D eigenvalue weighted by atomic mass is 10.0. The molecule has 1 aliphatic heterocycles. The van der Waals surface area contributed by atoms with Gasteiger partial charge in [0.15, 0.2) is 17.5 Å². The molecule has 1 aliphatic rings. The summed E-state index contributed by atoms with van der Waals surface area (Å²) in [5.74, 6) is -0.230. The molecule has 0 saturated carbocycles. The second-order valence-corrected chi connectivity index (χ2v) is 6.46. The number of anilines is 1. The van der Waals surface area contributed by atoms with E-state index in [1.165, 1.54) is 12.1 Å². The van der Waals surface area contributed by atoms with Crippen LogP contribution in [0.3, 0.4) is 0 Å². The number of rotatable bonds is 3. The van der Waals surface area contributed by atoms with E-state index in [9.17, 15) is 8.78 Å². The van der Waals surface area contributed by atoms with Crippen LogP contribution < -0.4 is 4.90 Å². The number of aromatic nitrogens is 3. The third-order valence-electron chi connectivity index (χ3n) is 4.64. The molecule has 132 valence electrons. The number of aryl methyl sites for hydroxylation is 1. The highest BCUT2D eigenvalue weighted by Crippen LogP contribution is 2.36. The molecular formula is C20H18F2N4. The summed E-state index contributed by atoms with van der Waals surface area (Å²) in [6.07, 6.45) is 5.28. The molecular weight excluding hydrogens is 334 g/mol. The second-order valence-electron chi connectivity index (χ2n) is 6.46. The molecule has 4 rings (SSSR count). The first-order chi connectivity index (χ1) is 12.6. The van der Waals surface area contributed by atoms with Crippen LogP contribution in [0, 0.1) is 18.6 Å². The Morgan fingerprint density at radius 1 is 1.08 bits per heavy atom. The predicted molar refractivity (Wildman–Crippen MR) is 95.7 cm³/mol. The zero-order valence-electron chi connectivity index (χ0n) is 14.4. The maximum absolute atomic E-state index is 13.7. The van der Waals surface area contributed by atoms with E-state index in [-0.39, 0.29) is 6.04 Å². The quantitative estimate of drug-likeness (QED) is 0.698. The summed E-state index contributed by atoms with van der Waals surface area (Å²) in [4.78, 5) is 15.5. The third-order valence-corrected chi connectivity index (χ3v) is 4.64. The van der Waals surface area contributed by atoms with Gasteiger partial charge in [0.25, 0.3) is 0 Å². The SMILES string of the molecule is Cc1cc(N2CCCC2c2ccc(F)c(F)c2)nc(-c2cccnc2)n1. The monoisotopic (exact) mass is 352 g/mol. The summed E-state index contributed by atoms with van der Waals surface area (Å²) < 4.78 is 27.0. The van der Waals surface area contributed by atoms with Gasteiger partial charge in [-0.2, -0.15) is 0 Å². The van der Waals surface area contributed by atoms with Crippen LogP contribution in [0.15, 0.2) is 48.8 Å². The summed E-state index contributed by atoms with van der Waals surface area (Å²) in [7, 11) is 0. The fourth-order valence-electron chi connectivity index (χ4n) is 3.43. The Bertz CT molecular complexity index is 930.